The van der Waals surface area contributed by atoms with E-state index in [0.29, 0.717) is 29.9 Å². The Kier molecular flexibility index (Phi) is 4.63. The molecule has 9 nitrogen and oxygen atoms in total. The number of aromatic nitrogens is 4. The summed E-state index contributed by atoms with van der Waals surface area (Å²) in [5.41, 5.74) is 6.03. The molecule has 2 aromatic heterocycles. The molecule has 2 heterocycles. The predicted molar refractivity (Wildman–Crippen MR) is 97.1 cm³/mol. The van der Waals surface area contributed by atoms with E-state index in [1.165, 1.54) is 6.33 Å². The van der Waals surface area contributed by atoms with Crippen LogP contribution < -0.4 is 5.73 Å². The molecule has 0 aliphatic heterocycles. The topological polar surface area (TPSA) is 125 Å². The van der Waals surface area contributed by atoms with Crippen LogP contribution in [0.15, 0.2) is 12.7 Å². The van der Waals surface area contributed by atoms with Crippen LogP contribution in [0.3, 0.4) is 0 Å². The summed E-state index contributed by atoms with van der Waals surface area (Å²) < 4.78 is 18.4. The largest absolute Gasteiger partial charge is 0.382 e. The normalized spacial score (nSPS) is 24.3. The summed E-state index contributed by atoms with van der Waals surface area (Å²) in [5.74, 6) is 0.884. The molecule has 0 saturated heterocycles. The van der Waals surface area contributed by atoms with Gasteiger partial charge in [0.15, 0.2) is 11.5 Å². The lowest BCUT2D eigenvalue weighted by atomic mass is 9.78. The third-order valence-electron chi connectivity index (χ3n) is 5.55. The zero-order chi connectivity index (χ0) is 19.3. The van der Waals surface area contributed by atoms with Gasteiger partial charge in [-0.05, 0) is 18.3 Å². The number of nitrogens with zero attached hydrogens (tertiary/aromatic N) is 4. The summed E-state index contributed by atoms with van der Waals surface area (Å²) >= 11 is 0. The highest BCUT2D eigenvalue weighted by atomic mass is 31.2. The van der Waals surface area contributed by atoms with E-state index >= 15 is 0 Å². The van der Waals surface area contributed by atoms with Crippen molar-refractivity contribution in [3.05, 3.63) is 12.7 Å². The second kappa shape index (κ2) is 6.27. The lowest BCUT2D eigenvalue weighted by molar-refractivity contribution is -0.281. The van der Waals surface area contributed by atoms with E-state index in [0.717, 1.165) is 6.66 Å². The van der Waals surface area contributed by atoms with Gasteiger partial charge < -0.3 is 15.2 Å². The molecule has 2 atom stereocenters. The molecule has 0 bridgehead atoms. The maximum atomic E-state index is 11.7. The van der Waals surface area contributed by atoms with Crippen LogP contribution in [0.5, 0.6) is 0 Å². The average molecular weight is 383 g/mol. The minimum absolute atomic E-state index is 0.197. The number of anilines is 1. The van der Waals surface area contributed by atoms with Crippen LogP contribution in [0, 0.1) is 17.3 Å². The van der Waals surface area contributed by atoms with Crippen molar-refractivity contribution in [2.24, 2.45) is 17.3 Å². The van der Waals surface area contributed by atoms with Crippen LogP contribution >= 0.6 is 7.60 Å². The van der Waals surface area contributed by atoms with Crippen molar-refractivity contribution >= 4 is 24.6 Å². The van der Waals surface area contributed by atoms with Gasteiger partial charge in [0, 0.05) is 12.1 Å². The van der Waals surface area contributed by atoms with Gasteiger partial charge in [0.05, 0.1) is 12.9 Å². The molecule has 1 saturated carbocycles. The standard InChI is InChI=1S/C16H26N5O4P/c1-10(2)16(11(3)4)6-15(16,24-25-26(5,22)23)7-21-9-20-12-13(17)18-8-19-14(12)21/h8-11H,6-7H2,1-5H3,(H,22,23)(H2,17,18,19). The van der Waals surface area contributed by atoms with Crippen molar-refractivity contribution in [1.29, 1.82) is 0 Å². The highest BCUT2D eigenvalue weighted by molar-refractivity contribution is 7.51. The van der Waals surface area contributed by atoms with Gasteiger partial charge in [-0.2, -0.15) is 0 Å². The molecular weight excluding hydrogens is 357 g/mol. The Bertz CT molecular complexity index is 853. The molecule has 2 unspecified atom stereocenters. The number of rotatable bonds is 7. The van der Waals surface area contributed by atoms with E-state index < -0.39 is 13.2 Å². The SMILES string of the molecule is CC(C)C1(C(C)C)CC1(Cn1cnc2c(N)ncnc21)OOP(C)(=O)O. The van der Waals surface area contributed by atoms with Crippen LogP contribution in [0.4, 0.5) is 5.82 Å². The van der Waals surface area contributed by atoms with Gasteiger partial charge in [-0.15, -0.1) is 4.67 Å². The number of nitrogen functional groups attached to an aromatic ring is 1. The number of nitrogens with two attached hydrogens (primary N) is 1. The maximum Gasteiger partial charge on any atom is 0.352 e. The van der Waals surface area contributed by atoms with Crippen LogP contribution in [0.25, 0.3) is 11.2 Å². The highest BCUT2D eigenvalue weighted by Gasteiger charge is 2.73. The predicted octanol–water partition coefficient (Wildman–Crippen LogP) is 2.61. The van der Waals surface area contributed by atoms with Crippen molar-refractivity contribution in [2.75, 3.05) is 12.4 Å². The zero-order valence-corrected chi connectivity index (χ0v) is 16.6. The first-order valence-corrected chi connectivity index (χ1v) is 10.6. The van der Waals surface area contributed by atoms with Crippen molar-refractivity contribution in [2.45, 2.75) is 46.3 Å². The summed E-state index contributed by atoms with van der Waals surface area (Å²) in [5, 5.41) is 0. The van der Waals surface area contributed by atoms with E-state index in [2.05, 4.69) is 42.6 Å². The third kappa shape index (κ3) is 3.03. The Morgan fingerprint density at radius 2 is 1.96 bits per heavy atom. The lowest BCUT2D eigenvalue weighted by Gasteiger charge is -2.32. The first-order chi connectivity index (χ1) is 12.0. The molecule has 10 heteroatoms. The lowest BCUT2D eigenvalue weighted by Crippen LogP contribution is -2.35. The van der Waals surface area contributed by atoms with Crippen LogP contribution in [-0.4, -0.2) is 36.7 Å². The van der Waals surface area contributed by atoms with Gasteiger partial charge in [0.25, 0.3) is 0 Å². The molecule has 2 aromatic rings. The summed E-state index contributed by atoms with van der Waals surface area (Å²) in [7, 11) is -3.78. The minimum Gasteiger partial charge on any atom is -0.382 e. The summed E-state index contributed by atoms with van der Waals surface area (Å²) in [4.78, 5) is 27.7. The van der Waals surface area contributed by atoms with E-state index in [1.54, 1.807) is 6.33 Å². The Balaban J connectivity index is 1.99. The van der Waals surface area contributed by atoms with Gasteiger partial charge in [-0.25, -0.2) is 19.8 Å². The van der Waals surface area contributed by atoms with E-state index in [-0.39, 0.29) is 17.3 Å². The van der Waals surface area contributed by atoms with Gasteiger partial charge in [0.2, 0.25) is 0 Å². The molecule has 26 heavy (non-hydrogen) atoms. The fraction of sp³-hybridized carbons (Fsp3) is 0.688. The third-order valence-corrected chi connectivity index (χ3v) is 5.90. The smallest absolute Gasteiger partial charge is 0.352 e. The van der Waals surface area contributed by atoms with Crippen molar-refractivity contribution in [3.63, 3.8) is 0 Å². The van der Waals surface area contributed by atoms with Gasteiger partial charge >= 0.3 is 7.60 Å². The monoisotopic (exact) mass is 383 g/mol. The van der Waals surface area contributed by atoms with E-state index in [9.17, 15) is 9.46 Å². The van der Waals surface area contributed by atoms with E-state index in [4.69, 9.17) is 15.3 Å². The zero-order valence-electron chi connectivity index (χ0n) is 15.7. The van der Waals surface area contributed by atoms with Gasteiger partial charge in [-0.3, -0.25) is 4.57 Å². The molecular formula is C16H26N5O4P. The molecule has 3 N–H and O–H groups in total. The molecule has 1 fully saturated rings. The number of hydrogen-bond donors (Lipinski definition) is 2. The molecule has 144 valence electrons. The van der Waals surface area contributed by atoms with Crippen LogP contribution in [0.1, 0.15) is 34.1 Å². The Morgan fingerprint density at radius 3 is 2.50 bits per heavy atom. The molecule has 0 spiro atoms. The van der Waals surface area contributed by atoms with Gasteiger partial charge in [-0.1, -0.05) is 27.7 Å². The summed E-state index contributed by atoms with van der Waals surface area (Å²) in [6.07, 6.45) is 3.73. The van der Waals surface area contributed by atoms with Crippen molar-refractivity contribution in [1.82, 2.24) is 19.5 Å². The average Bonchev–Trinajstić information content (AvgIpc) is 3.04. The van der Waals surface area contributed by atoms with Gasteiger partial charge in [0.1, 0.15) is 17.4 Å². The Labute approximate surface area is 152 Å². The van der Waals surface area contributed by atoms with Crippen molar-refractivity contribution in [3.8, 4) is 0 Å². The molecule has 0 aromatic carbocycles. The van der Waals surface area contributed by atoms with Crippen molar-refractivity contribution < 1.29 is 19.0 Å². The first-order valence-electron chi connectivity index (χ1n) is 8.61. The molecule has 1 aliphatic rings. The van der Waals surface area contributed by atoms with Crippen LogP contribution in [0.2, 0.25) is 0 Å². The summed E-state index contributed by atoms with van der Waals surface area (Å²) in [6.45, 7) is 10.00. The van der Waals surface area contributed by atoms with E-state index in [1.807, 2.05) is 4.57 Å². The molecule has 1 aliphatic carbocycles. The Hall–Kier alpha value is -1.54. The van der Waals surface area contributed by atoms with Crippen LogP contribution in [-0.2, 0) is 20.7 Å². The fourth-order valence-corrected chi connectivity index (χ4v) is 4.60. The minimum atomic E-state index is -3.78. The quantitative estimate of drug-likeness (QED) is 0.424. The second-order valence-electron chi connectivity index (χ2n) is 7.79. The number of hydrogen-bond acceptors (Lipinski definition) is 7. The number of imidazole rings is 1. The molecule has 0 amide bonds. The first kappa shape index (κ1) is 19.2. The molecule has 0 radical (unpaired) electrons. The Morgan fingerprint density at radius 1 is 1.31 bits per heavy atom. The maximum absolute atomic E-state index is 11.7. The fourth-order valence-electron chi connectivity index (χ4n) is 4.32. The number of fused-ring (bicyclic) bond motifs is 1. The highest BCUT2D eigenvalue weighted by Crippen LogP contribution is 2.69. The summed E-state index contributed by atoms with van der Waals surface area (Å²) in [6, 6.07) is 0. The second-order valence-corrected chi connectivity index (χ2v) is 9.54. The molecule has 3 rings (SSSR count).